The molecule has 1 aliphatic carbocycles. The van der Waals surface area contributed by atoms with Crippen LogP contribution in [-0.2, 0) is 11.0 Å². The zero-order valence-electron chi connectivity index (χ0n) is 13.0. The molecular formula is C17H20F3NO2. The summed E-state index contributed by atoms with van der Waals surface area (Å²) < 4.78 is 37.3. The molecule has 1 aliphatic rings. The predicted molar refractivity (Wildman–Crippen MR) is 81.2 cm³/mol. The number of carbonyl (C=O) groups is 1. The average molecular weight is 327 g/mol. The van der Waals surface area contributed by atoms with Gasteiger partial charge in [-0.25, -0.2) is 4.79 Å². The minimum absolute atomic E-state index is 0.0408. The van der Waals surface area contributed by atoms with Gasteiger partial charge in [-0.1, -0.05) is 31.3 Å². The fourth-order valence-electron chi connectivity index (χ4n) is 2.80. The van der Waals surface area contributed by atoms with Crippen molar-refractivity contribution in [2.45, 2.75) is 51.6 Å². The fraction of sp³-hybridized carbons (Fsp3) is 0.529. The van der Waals surface area contributed by atoms with Crippen molar-refractivity contribution < 1.29 is 22.8 Å². The molecule has 0 unspecified atom stereocenters. The van der Waals surface area contributed by atoms with E-state index in [4.69, 9.17) is 4.84 Å². The van der Waals surface area contributed by atoms with Gasteiger partial charge >= 0.3 is 12.1 Å². The standard InChI is InChI=1S/C17H20F3NO2/c1-16(9-3-2-4-10-16)11-12-21-23-15(22)13-5-7-14(8-6-13)17(18,19)20/h5-8,12H,2-4,9-11H2,1H3/b21-12+. The van der Waals surface area contributed by atoms with Crippen molar-refractivity contribution in [3.05, 3.63) is 35.4 Å². The highest BCUT2D eigenvalue weighted by atomic mass is 19.4. The van der Waals surface area contributed by atoms with Crippen LogP contribution in [0.25, 0.3) is 0 Å². The fourth-order valence-corrected chi connectivity index (χ4v) is 2.80. The predicted octanol–water partition coefficient (Wildman–Crippen LogP) is 5.21. The third kappa shape index (κ3) is 5.08. The van der Waals surface area contributed by atoms with Crippen LogP contribution < -0.4 is 0 Å². The molecule has 0 bridgehead atoms. The van der Waals surface area contributed by atoms with Crippen LogP contribution in [0.2, 0.25) is 0 Å². The van der Waals surface area contributed by atoms with Crippen molar-refractivity contribution in [3.8, 4) is 0 Å². The molecule has 0 aliphatic heterocycles. The lowest BCUT2D eigenvalue weighted by molar-refractivity contribution is -0.137. The second kappa shape index (κ2) is 7.15. The van der Waals surface area contributed by atoms with Gasteiger partial charge in [-0.15, -0.1) is 0 Å². The van der Waals surface area contributed by atoms with Gasteiger partial charge in [0, 0.05) is 6.21 Å². The zero-order valence-corrected chi connectivity index (χ0v) is 13.0. The number of benzene rings is 1. The first kappa shape index (κ1) is 17.5. The molecule has 1 aromatic carbocycles. The Labute approximate surface area is 133 Å². The topological polar surface area (TPSA) is 38.7 Å². The molecular weight excluding hydrogens is 307 g/mol. The van der Waals surface area contributed by atoms with E-state index >= 15 is 0 Å². The Bertz CT molecular complexity index is 558. The number of hydrogen-bond donors (Lipinski definition) is 0. The van der Waals surface area contributed by atoms with E-state index in [-0.39, 0.29) is 11.0 Å². The maximum absolute atomic E-state index is 12.4. The molecule has 0 saturated heterocycles. The largest absolute Gasteiger partial charge is 0.416 e. The van der Waals surface area contributed by atoms with Crippen molar-refractivity contribution in [2.24, 2.45) is 10.6 Å². The van der Waals surface area contributed by atoms with Crippen molar-refractivity contribution in [1.29, 1.82) is 0 Å². The molecule has 0 amide bonds. The van der Waals surface area contributed by atoms with Crippen LogP contribution in [0.15, 0.2) is 29.4 Å². The van der Waals surface area contributed by atoms with Gasteiger partial charge in [-0.05, 0) is 48.9 Å². The van der Waals surface area contributed by atoms with Crippen molar-refractivity contribution in [3.63, 3.8) is 0 Å². The minimum atomic E-state index is -4.42. The smallest absolute Gasteiger partial charge is 0.313 e. The summed E-state index contributed by atoms with van der Waals surface area (Å²) >= 11 is 0. The Balaban J connectivity index is 1.85. The van der Waals surface area contributed by atoms with Crippen LogP contribution >= 0.6 is 0 Å². The lowest BCUT2D eigenvalue weighted by atomic mass is 9.74. The summed E-state index contributed by atoms with van der Waals surface area (Å²) in [5, 5.41) is 3.66. The quantitative estimate of drug-likeness (QED) is 0.433. The number of alkyl halides is 3. The summed E-state index contributed by atoms with van der Waals surface area (Å²) in [6.45, 7) is 2.19. The summed E-state index contributed by atoms with van der Waals surface area (Å²) in [5.74, 6) is -0.760. The van der Waals surface area contributed by atoms with E-state index in [0.717, 1.165) is 43.5 Å². The van der Waals surface area contributed by atoms with Crippen LogP contribution in [-0.4, -0.2) is 12.2 Å². The maximum atomic E-state index is 12.4. The molecule has 1 saturated carbocycles. The number of carbonyl (C=O) groups excluding carboxylic acids is 1. The third-order valence-corrected chi connectivity index (χ3v) is 4.30. The Morgan fingerprint density at radius 1 is 1.22 bits per heavy atom. The van der Waals surface area contributed by atoms with E-state index in [1.54, 1.807) is 6.21 Å². The molecule has 2 rings (SSSR count). The first-order valence-corrected chi connectivity index (χ1v) is 7.71. The van der Waals surface area contributed by atoms with Crippen LogP contribution in [0.3, 0.4) is 0 Å². The van der Waals surface area contributed by atoms with Gasteiger partial charge in [-0.3, -0.25) is 0 Å². The second-order valence-electron chi connectivity index (χ2n) is 6.32. The van der Waals surface area contributed by atoms with Crippen molar-refractivity contribution in [2.75, 3.05) is 0 Å². The van der Waals surface area contributed by atoms with Crippen molar-refractivity contribution in [1.82, 2.24) is 0 Å². The number of nitrogens with zero attached hydrogens (tertiary/aromatic N) is 1. The molecule has 1 fully saturated rings. The van der Waals surface area contributed by atoms with E-state index < -0.39 is 17.7 Å². The molecule has 0 atom stereocenters. The number of oxime groups is 1. The van der Waals surface area contributed by atoms with E-state index in [1.165, 1.54) is 19.3 Å². The molecule has 0 spiro atoms. The van der Waals surface area contributed by atoms with Crippen LogP contribution in [0.5, 0.6) is 0 Å². The molecule has 23 heavy (non-hydrogen) atoms. The van der Waals surface area contributed by atoms with Gasteiger partial charge in [0.2, 0.25) is 0 Å². The van der Waals surface area contributed by atoms with E-state index in [1.807, 2.05) is 0 Å². The Kier molecular flexibility index (Phi) is 5.44. The normalized spacial score (nSPS) is 18.1. The first-order valence-electron chi connectivity index (χ1n) is 7.71. The summed E-state index contributed by atoms with van der Waals surface area (Å²) in [4.78, 5) is 16.5. The molecule has 0 radical (unpaired) electrons. The summed E-state index contributed by atoms with van der Waals surface area (Å²) in [6, 6.07) is 3.87. The monoisotopic (exact) mass is 327 g/mol. The van der Waals surface area contributed by atoms with Gasteiger partial charge in [-0.2, -0.15) is 13.2 Å². The molecule has 126 valence electrons. The SMILES string of the molecule is CC1(C/C=N/OC(=O)c2ccc(C(F)(F)F)cc2)CCCCC1. The van der Waals surface area contributed by atoms with E-state index in [2.05, 4.69) is 12.1 Å². The van der Waals surface area contributed by atoms with Gasteiger partial charge in [0.25, 0.3) is 0 Å². The molecule has 3 nitrogen and oxygen atoms in total. The lowest BCUT2D eigenvalue weighted by Crippen LogP contribution is -2.20. The molecule has 0 heterocycles. The summed E-state index contributed by atoms with van der Waals surface area (Å²) in [5.41, 5.74) is -0.565. The average Bonchev–Trinajstić information content (AvgIpc) is 2.51. The maximum Gasteiger partial charge on any atom is 0.416 e. The van der Waals surface area contributed by atoms with Crippen LogP contribution in [0.1, 0.15) is 61.4 Å². The minimum Gasteiger partial charge on any atom is -0.313 e. The zero-order chi connectivity index (χ0) is 16.9. The third-order valence-electron chi connectivity index (χ3n) is 4.30. The van der Waals surface area contributed by atoms with Gasteiger partial charge in [0.05, 0.1) is 11.1 Å². The van der Waals surface area contributed by atoms with Crippen molar-refractivity contribution >= 4 is 12.2 Å². The Morgan fingerprint density at radius 2 is 1.83 bits per heavy atom. The molecule has 0 aromatic heterocycles. The first-order chi connectivity index (χ1) is 10.8. The molecule has 6 heteroatoms. The van der Waals surface area contributed by atoms with E-state index in [9.17, 15) is 18.0 Å². The highest BCUT2D eigenvalue weighted by Crippen LogP contribution is 2.37. The number of rotatable bonds is 4. The second-order valence-corrected chi connectivity index (χ2v) is 6.32. The van der Waals surface area contributed by atoms with Crippen LogP contribution in [0, 0.1) is 5.41 Å². The van der Waals surface area contributed by atoms with Gasteiger partial charge in [0.15, 0.2) is 0 Å². The van der Waals surface area contributed by atoms with E-state index in [0.29, 0.717) is 0 Å². The van der Waals surface area contributed by atoms with Gasteiger partial charge in [0.1, 0.15) is 0 Å². The summed E-state index contributed by atoms with van der Waals surface area (Å²) in [7, 11) is 0. The Hall–Kier alpha value is -1.85. The van der Waals surface area contributed by atoms with Crippen LogP contribution in [0.4, 0.5) is 13.2 Å². The highest BCUT2D eigenvalue weighted by molar-refractivity contribution is 5.89. The number of halogens is 3. The Morgan fingerprint density at radius 3 is 2.39 bits per heavy atom. The number of hydrogen-bond acceptors (Lipinski definition) is 3. The highest BCUT2D eigenvalue weighted by Gasteiger charge is 2.30. The molecule has 0 N–H and O–H groups in total. The molecule has 1 aromatic rings. The lowest BCUT2D eigenvalue weighted by Gasteiger charge is -2.31. The van der Waals surface area contributed by atoms with Gasteiger partial charge < -0.3 is 4.84 Å². The summed E-state index contributed by atoms with van der Waals surface area (Å²) in [6.07, 6.45) is 3.81.